The van der Waals surface area contributed by atoms with Gasteiger partial charge in [-0.2, -0.15) is 0 Å². The highest BCUT2D eigenvalue weighted by Gasteiger charge is 2.28. The minimum Gasteiger partial charge on any atom is -0.493 e. The number of benzene rings is 1. The van der Waals surface area contributed by atoms with Crippen molar-refractivity contribution in [3.8, 4) is 11.5 Å². The maximum absolute atomic E-state index is 13.5. The molecule has 0 saturated heterocycles. The molecule has 0 saturated carbocycles. The summed E-state index contributed by atoms with van der Waals surface area (Å²) in [7, 11) is 1.37. The molecule has 1 aromatic carbocycles. The Morgan fingerprint density at radius 2 is 1.83 bits per heavy atom. The number of hydrogen-bond acceptors (Lipinski definition) is 10. The SMILES string of the molecule is C=C/C=C(\C=C/C)COC[C@@H](Cc1ccc(F)cc1)[C@H](C)OC(=O)[C@H](C)NC(=O)c1nccc(OC)c1OCOC(=O)COCC. The molecule has 0 bridgehead atoms. The quantitative estimate of drug-likeness (QED) is 0.123. The van der Waals surface area contributed by atoms with Gasteiger partial charge in [0, 0.05) is 24.8 Å². The second-order valence-electron chi connectivity index (χ2n) is 10.0. The summed E-state index contributed by atoms with van der Waals surface area (Å²) in [5, 5.41) is 2.56. The maximum atomic E-state index is 13.5. The minimum absolute atomic E-state index is 0.0834. The van der Waals surface area contributed by atoms with Gasteiger partial charge in [-0.05, 0) is 57.4 Å². The van der Waals surface area contributed by atoms with E-state index in [0.29, 0.717) is 19.6 Å². The number of nitrogens with one attached hydrogen (secondary N) is 1. The Bertz CT molecular complexity index is 1340. The Hall–Kier alpha value is -4.55. The first-order valence-corrected chi connectivity index (χ1v) is 14.8. The number of allylic oxidation sites excluding steroid dienone is 3. The molecule has 0 fully saturated rings. The number of nitrogens with zero attached hydrogens (tertiary/aromatic N) is 1. The predicted molar refractivity (Wildman–Crippen MR) is 169 cm³/mol. The van der Waals surface area contributed by atoms with Crippen molar-refractivity contribution in [3.63, 3.8) is 0 Å². The number of carbonyl (C=O) groups is 3. The fraction of sp³-hybridized carbons (Fsp3) is 0.412. The summed E-state index contributed by atoms with van der Waals surface area (Å²) in [4.78, 5) is 42.1. The van der Waals surface area contributed by atoms with E-state index in [0.717, 1.165) is 11.1 Å². The molecule has 0 spiro atoms. The summed E-state index contributed by atoms with van der Waals surface area (Å²) in [6.07, 6.45) is 8.46. The van der Waals surface area contributed by atoms with Crippen molar-refractivity contribution in [2.75, 3.05) is 40.3 Å². The number of pyridine rings is 1. The van der Waals surface area contributed by atoms with Crippen LogP contribution in [-0.4, -0.2) is 75.3 Å². The third-order valence-electron chi connectivity index (χ3n) is 6.54. The Labute approximate surface area is 269 Å². The molecular weight excluding hydrogens is 599 g/mol. The largest absolute Gasteiger partial charge is 0.493 e. The van der Waals surface area contributed by atoms with Crippen LogP contribution in [0.5, 0.6) is 11.5 Å². The maximum Gasteiger partial charge on any atom is 0.334 e. The van der Waals surface area contributed by atoms with Gasteiger partial charge in [-0.1, -0.05) is 43.0 Å². The Morgan fingerprint density at radius 3 is 2.48 bits per heavy atom. The van der Waals surface area contributed by atoms with Crippen LogP contribution in [0.3, 0.4) is 0 Å². The number of rotatable bonds is 20. The normalized spacial score (nSPS) is 13.4. The number of halogens is 1. The van der Waals surface area contributed by atoms with Gasteiger partial charge >= 0.3 is 11.9 Å². The molecule has 2 rings (SSSR count). The van der Waals surface area contributed by atoms with E-state index >= 15 is 0 Å². The fourth-order valence-corrected chi connectivity index (χ4v) is 4.11. The average molecular weight is 643 g/mol. The van der Waals surface area contributed by atoms with Gasteiger partial charge in [0.2, 0.25) is 6.79 Å². The van der Waals surface area contributed by atoms with Crippen molar-refractivity contribution >= 4 is 17.8 Å². The van der Waals surface area contributed by atoms with E-state index in [4.69, 9.17) is 28.4 Å². The molecule has 1 heterocycles. The smallest absolute Gasteiger partial charge is 0.334 e. The van der Waals surface area contributed by atoms with Crippen LogP contribution in [0.4, 0.5) is 4.39 Å². The fourth-order valence-electron chi connectivity index (χ4n) is 4.11. The van der Waals surface area contributed by atoms with Gasteiger partial charge in [0.1, 0.15) is 24.6 Å². The standard InChI is InChI=1S/C34H43FN2O9/c1-7-10-26(11-8-2)19-43-20-27(18-25-12-14-28(35)15-13-25)24(5)46-34(40)23(4)37-33(39)31-32(29(41-6)16-17-36-31)45-22-44-30(38)21-42-9-3/h7-8,10-17,23-24,27H,1,9,18-22H2,2-6H3,(H,37,39)/b11-8-,26-10+/t23-,24-,27+/m0/s1. The number of esters is 2. The first-order valence-electron chi connectivity index (χ1n) is 14.8. The third kappa shape index (κ3) is 12.8. The van der Waals surface area contributed by atoms with Gasteiger partial charge in [0.25, 0.3) is 5.91 Å². The van der Waals surface area contributed by atoms with Crippen molar-refractivity contribution in [1.29, 1.82) is 0 Å². The average Bonchev–Trinajstić information content (AvgIpc) is 3.04. The van der Waals surface area contributed by atoms with E-state index < -0.39 is 36.8 Å². The zero-order valence-corrected chi connectivity index (χ0v) is 27.0. The molecule has 250 valence electrons. The Kier molecular flexibility index (Phi) is 16.8. The van der Waals surface area contributed by atoms with E-state index in [1.54, 1.807) is 32.1 Å². The lowest BCUT2D eigenvalue weighted by Gasteiger charge is -2.26. The minimum atomic E-state index is -1.08. The number of amides is 1. The van der Waals surface area contributed by atoms with E-state index in [-0.39, 0.29) is 42.1 Å². The second kappa shape index (κ2) is 20.5. The van der Waals surface area contributed by atoms with E-state index in [2.05, 4.69) is 16.9 Å². The van der Waals surface area contributed by atoms with Crippen molar-refractivity contribution in [2.45, 2.75) is 46.3 Å². The van der Waals surface area contributed by atoms with E-state index in [1.807, 2.05) is 25.2 Å². The summed E-state index contributed by atoms with van der Waals surface area (Å²) < 4.78 is 46.0. The van der Waals surface area contributed by atoms with E-state index in [1.165, 1.54) is 38.4 Å². The highest BCUT2D eigenvalue weighted by molar-refractivity contribution is 5.98. The highest BCUT2D eigenvalue weighted by Crippen LogP contribution is 2.29. The molecule has 12 heteroatoms. The Morgan fingerprint density at radius 1 is 1.09 bits per heavy atom. The monoisotopic (exact) mass is 642 g/mol. The van der Waals surface area contributed by atoms with E-state index in [9.17, 15) is 18.8 Å². The van der Waals surface area contributed by atoms with Gasteiger partial charge in [-0.15, -0.1) is 0 Å². The summed E-state index contributed by atoms with van der Waals surface area (Å²) >= 11 is 0. The van der Waals surface area contributed by atoms with Crippen LogP contribution in [0, 0.1) is 11.7 Å². The summed E-state index contributed by atoms with van der Waals surface area (Å²) in [5.74, 6) is -2.67. The van der Waals surface area contributed by atoms with Crippen molar-refractivity contribution in [2.24, 2.45) is 5.92 Å². The van der Waals surface area contributed by atoms with Crippen molar-refractivity contribution in [1.82, 2.24) is 10.3 Å². The molecule has 46 heavy (non-hydrogen) atoms. The van der Waals surface area contributed by atoms with Crippen molar-refractivity contribution < 1.29 is 47.2 Å². The lowest BCUT2D eigenvalue weighted by molar-refractivity contribution is -0.155. The molecule has 0 radical (unpaired) electrons. The van der Waals surface area contributed by atoms with Crippen LogP contribution in [0.1, 0.15) is 43.7 Å². The van der Waals surface area contributed by atoms with Gasteiger partial charge in [0.15, 0.2) is 17.2 Å². The molecule has 0 aliphatic carbocycles. The van der Waals surface area contributed by atoms with Crippen molar-refractivity contribution in [3.05, 3.63) is 90.1 Å². The third-order valence-corrected chi connectivity index (χ3v) is 6.54. The molecule has 0 aliphatic rings. The molecule has 0 unspecified atom stereocenters. The van der Waals surface area contributed by atoms with Gasteiger partial charge in [0.05, 0.1) is 20.3 Å². The first-order chi connectivity index (χ1) is 22.1. The van der Waals surface area contributed by atoms with Crippen LogP contribution < -0.4 is 14.8 Å². The van der Waals surface area contributed by atoms with Crippen LogP contribution in [0.15, 0.2) is 73.0 Å². The summed E-state index contributed by atoms with van der Waals surface area (Å²) in [6.45, 7) is 10.7. The first kappa shape index (κ1) is 37.6. The molecule has 1 aromatic heterocycles. The lowest BCUT2D eigenvalue weighted by Crippen LogP contribution is -2.42. The predicted octanol–water partition coefficient (Wildman–Crippen LogP) is 4.76. The zero-order chi connectivity index (χ0) is 33.9. The number of hydrogen-bond donors (Lipinski definition) is 1. The number of carbonyl (C=O) groups excluding carboxylic acids is 3. The molecule has 0 aliphatic heterocycles. The second-order valence-corrected chi connectivity index (χ2v) is 10.0. The summed E-state index contributed by atoms with van der Waals surface area (Å²) in [6, 6.07) is 6.46. The molecule has 3 atom stereocenters. The number of ether oxygens (including phenoxy) is 6. The summed E-state index contributed by atoms with van der Waals surface area (Å²) in [5.41, 5.74) is 1.56. The van der Waals surface area contributed by atoms with Gasteiger partial charge in [-0.25, -0.2) is 19.0 Å². The number of aromatic nitrogens is 1. The number of methoxy groups -OCH3 is 1. The molecule has 1 N–H and O–H groups in total. The molecular formula is C34H43FN2O9. The highest BCUT2D eigenvalue weighted by atomic mass is 19.1. The van der Waals surface area contributed by atoms with Crippen LogP contribution in [0.25, 0.3) is 0 Å². The van der Waals surface area contributed by atoms with Crippen LogP contribution >= 0.6 is 0 Å². The Balaban J connectivity index is 2.10. The van der Waals surface area contributed by atoms with Crippen LogP contribution in [0.2, 0.25) is 0 Å². The molecule has 1 amide bonds. The lowest BCUT2D eigenvalue weighted by atomic mass is 9.95. The molecule has 11 nitrogen and oxygen atoms in total. The van der Waals surface area contributed by atoms with Gasteiger partial charge in [-0.3, -0.25) is 4.79 Å². The zero-order valence-electron chi connectivity index (χ0n) is 27.0. The van der Waals surface area contributed by atoms with Crippen LogP contribution in [-0.2, 0) is 35.0 Å². The topological polar surface area (TPSA) is 132 Å². The molecule has 2 aromatic rings. The van der Waals surface area contributed by atoms with Gasteiger partial charge < -0.3 is 33.7 Å².